The first-order valence-electron chi connectivity index (χ1n) is 4.61. The van der Waals surface area contributed by atoms with E-state index in [0.29, 0.717) is 0 Å². The number of ether oxygens (including phenoxy) is 1. The molecule has 98 valence electrons. The third kappa shape index (κ3) is 3.96. The van der Waals surface area contributed by atoms with Crippen molar-refractivity contribution in [1.82, 2.24) is 0 Å². The predicted molar refractivity (Wildman–Crippen MR) is 59.7 cm³/mol. The van der Waals surface area contributed by atoms with Crippen molar-refractivity contribution in [2.24, 2.45) is 0 Å². The van der Waals surface area contributed by atoms with Crippen molar-refractivity contribution in [3.8, 4) is 16.9 Å². The molecule has 0 aliphatic rings. The molecule has 0 aromatic heterocycles. The van der Waals surface area contributed by atoms with E-state index in [-0.39, 0.29) is 5.75 Å². The Morgan fingerprint density at radius 2 is 1.89 bits per heavy atom. The van der Waals surface area contributed by atoms with E-state index in [9.17, 15) is 21.6 Å². The molecule has 1 rings (SSSR count). The molecule has 18 heavy (non-hydrogen) atoms. The molecule has 0 heterocycles. The van der Waals surface area contributed by atoms with Gasteiger partial charge in [0.1, 0.15) is 5.75 Å². The van der Waals surface area contributed by atoms with E-state index >= 15 is 0 Å². The molecule has 0 N–H and O–H groups in total. The monoisotopic (exact) mass is 278 g/mol. The van der Waals surface area contributed by atoms with Crippen molar-refractivity contribution in [3.63, 3.8) is 0 Å². The van der Waals surface area contributed by atoms with Crippen molar-refractivity contribution in [2.45, 2.75) is 6.18 Å². The Hall–Kier alpha value is -1.68. The van der Waals surface area contributed by atoms with Crippen molar-refractivity contribution in [2.75, 3.05) is 13.4 Å². The van der Waals surface area contributed by atoms with Gasteiger partial charge in [0, 0.05) is 10.8 Å². The van der Waals surface area contributed by atoms with Gasteiger partial charge in [0.15, 0.2) is 0 Å². The summed E-state index contributed by atoms with van der Waals surface area (Å²) in [5.41, 5.74) is -1.44. The van der Waals surface area contributed by atoms with Crippen LogP contribution in [0.1, 0.15) is 11.1 Å². The van der Waals surface area contributed by atoms with Crippen molar-refractivity contribution >= 4 is 9.84 Å². The number of alkyl halides is 3. The van der Waals surface area contributed by atoms with Crippen LogP contribution in [0.5, 0.6) is 5.75 Å². The van der Waals surface area contributed by atoms with E-state index in [1.54, 1.807) is 5.25 Å². The van der Waals surface area contributed by atoms with Crippen LogP contribution in [0, 0.1) is 11.2 Å². The molecule has 0 saturated heterocycles. The number of methoxy groups -OCH3 is 1. The normalized spacial score (nSPS) is 11.6. The van der Waals surface area contributed by atoms with E-state index in [4.69, 9.17) is 0 Å². The molecule has 0 amide bonds. The highest BCUT2D eigenvalue weighted by atomic mass is 32.2. The highest BCUT2D eigenvalue weighted by Gasteiger charge is 2.33. The van der Waals surface area contributed by atoms with Crippen LogP contribution in [0.3, 0.4) is 0 Å². The third-order valence-corrected chi connectivity index (χ3v) is 2.38. The first-order valence-corrected chi connectivity index (χ1v) is 6.50. The summed E-state index contributed by atoms with van der Waals surface area (Å²) in [7, 11) is -2.43. The lowest BCUT2D eigenvalue weighted by Gasteiger charge is -2.10. The highest BCUT2D eigenvalue weighted by Crippen LogP contribution is 2.34. The van der Waals surface area contributed by atoms with Gasteiger partial charge in [-0.25, -0.2) is 8.42 Å². The molecule has 0 aliphatic heterocycles. The summed E-state index contributed by atoms with van der Waals surface area (Å²) in [5.74, 6) is 2.02. The Bertz CT molecular complexity index is 607. The maximum absolute atomic E-state index is 12.7. The van der Waals surface area contributed by atoms with Crippen LogP contribution in [0.15, 0.2) is 18.2 Å². The maximum atomic E-state index is 12.7. The fourth-order valence-electron chi connectivity index (χ4n) is 1.14. The molecular weight excluding hydrogens is 269 g/mol. The SMILES string of the molecule is COc1ccc(C#CS(C)(=O)=O)c(C(F)(F)F)c1. The lowest BCUT2D eigenvalue weighted by molar-refractivity contribution is -0.137. The third-order valence-electron chi connectivity index (χ3n) is 1.90. The second-order valence-electron chi connectivity index (χ2n) is 3.41. The molecule has 0 bridgehead atoms. The van der Waals surface area contributed by atoms with Gasteiger partial charge in [-0.3, -0.25) is 0 Å². The quantitative estimate of drug-likeness (QED) is 0.739. The molecule has 0 unspecified atom stereocenters. The second kappa shape index (κ2) is 4.90. The average molecular weight is 278 g/mol. The van der Waals surface area contributed by atoms with Crippen molar-refractivity contribution < 1.29 is 26.3 Å². The van der Waals surface area contributed by atoms with Crippen LogP contribution >= 0.6 is 0 Å². The average Bonchev–Trinajstić information content (AvgIpc) is 2.24. The van der Waals surface area contributed by atoms with E-state index < -0.39 is 27.1 Å². The summed E-state index contributed by atoms with van der Waals surface area (Å²) in [6.07, 6.45) is -3.81. The molecule has 7 heteroatoms. The predicted octanol–water partition coefficient (Wildman–Crippen LogP) is 2.07. The van der Waals surface area contributed by atoms with E-state index in [1.807, 2.05) is 5.92 Å². The molecule has 1 aromatic carbocycles. The number of sulfone groups is 1. The van der Waals surface area contributed by atoms with Crippen LogP contribution in [-0.4, -0.2) is 21.8 Å². The molecule has 0 fully saturated rings. The lowest BCUT2D eigenvalue weighted by atomic mass is 10.1. The molecule has 3 nitrogen and oxygen atoms in total. The van der Waals surface area contributed by atoms with Gasteiger partial charge < -0.3 is 4.74 Å². The van der Waals surface area contributed by atoms with Gasteiger partial charge >= 0.3 is 6.18 Å². The van der Waals surface area contributed by atoms with Crippen molar-refractivity contribution in [3.05, 3.63) is 29.3 Å². The van der Waals surface area contributed by atoms with Gasteiger partial charge in [0.05, 0.1) is 18.9 Å². The minimum absolute atomic E-state index is 0.0206. The number of halogens is 3. The summed E-state index contributed by atoms with van der Waals surface area (Å²) in [6, 6.07) is 3.12. The fourth-order valence-corrected chi connectivity index (χ4v) is 1.44. The lowest BCUT2D eigenvalue weighted by Crippen LogP contribution is -2.08. The van der Waals surface area contributed by atoms with Crippen LogP contribution in [0.2, 0.25) is 0 Å². The number of rotatable bonds is 1. The summed E-state index contributed by atoms with van der Waals surface area (Å²) in [6.45, 7) is 0. The number of hydrogen-bond acceptors (Lipinski definition) is 3. The Morgan fingerprint density at radius 3 is 2.33 bits per heavy atom. The van der Waals surface area contributed by atoms with Gasteiger partial charge in [0.25, 0.3) is 0 Å². The van der Waals surface area contributed by atoms with Gasteiger partial charge in [-0.1, -0.05) is 0 Å². The summed E-state index contributed by atoms with van der Waals surface area (Å²) >= 11 is 0. The Morgan fingerprint density at radius 1 is 1.28 bits per heavy atom. The number of benzene rings is 1. The van der Waals surface area contributed by atoms with Crippen LogP contribution in [0.25, 0.3) is 0 Å². The second-order valence-corrected chi connectivity index (χ2v) is 5.16. The molecular formula is C11H9F3O3S. The standard InChI is InChI=1S/C11H9F3O3S/c1-17-9-4-3-8(5-6-18(2,15)16)10(7-9)11(12,13)14/h3-4,7H,1-2H3. The molecule has 0 aliphatic carbocycles. The topological polar surface area (TPSA) is 43.4 Å². The van der Waals surface area contributed by atoms with E-state index in [1.165, 1.54) is 13.2 Å². The molecule has 0 saturated carbocycles. The van der Waals surface area contributed by atoms with E-state index in [2.05, 4.69) is 4.74 Å². The van der Waals surface area contributed by atoms with Crippen LogP contribution in [0.4, 0.5) is 13.2 Å². The zero-order chi connectivity index (χ0) is 14.0. The fraction of sp³-hybridized carbons (Fsp3) is 0.273. The number of hydrogen-bond donors (Lipinski definition) is 0. The zero-order valence-corrected chi connectivity index (χ0v) is 10.3. The molecule has 0 radical (unpaired) electrons. The maximum Gasteiger partial charge on any atom is 0.417 e. The van der Waals surface area contributed by atoms with Gasteiger partial charge in [-0.2, -0.15) is 13.2 Å². The van der Waals surface area contributed by atoms with Gasteiger partial charge in [-0.05, 0) is 24.1 Å². The van der Waals surface area contributed by atoms with Crippen LogP contribution < -0.4 is 4.74 Å². The first-order chi connectivity index (χ1) is 8.13. The summed E-state index contributed by atoms with van der Waals surface area (Å²) in [5, 5.41) is 1.77. The molecule has 1 aromatic rings. The first kappa shape index (κ1) is 14.4. The van der Waals surface area contributed by atoms with Gasteiger partial charge in [0.2, 0.25) is 9.84 Å². The largest absolute Gasteiger partial charge is 0.497 e. The summed E-state index contributed by atoms with van der Waals surface area (Å²) in [4.78, 5) is 0. The minimum atomic E-state index is -4.63. The smallest absolute Gasteiger partial charge is 0.417 e. The molecule has 0 atom stereocenters. The van der Waals surface area contributed by atoms with Crippen molar-refractivity contribution in [1.29, 1.82) is 0 Å². The summed E-state index contributed by atoms with van der Waals surface area (Å²) < 4.78 is 64.4. The Balaban J connectivity index is 3.40. The Labute approximate surface area is 102 Å². The Kier molecular flexibility index (Phi) is 3.92. The van der Waals surface area contributed by atoms with E-state index in [0.717, 1.165) is 18.4 Å². The minimum Gasteiger partial charge on any atom is -0.497 e. The highest BCUT2D eigenvalue weighted by molar-refractivity contribution is 7.95. The molecule has 0 spiro atoms. The zero-order valence-electron chi connectivity index (χ0n) is 9.50. The van der Waals surface area contributed by atoms with Crippen LogP contribution in [-0.2, 0) is 16.0 Å². The van der Waals surface area contributed by atoms with Gasteiger partial charge in [-0.15, -0.1) is 0 Å².